The van der Waals surface area contributed by atoms with Crippen molar-refractivity contribution in [2.75, 3.05) is 28.6 Å². The fourth-order valence-electron chi connectivity index (χ4n) is 3.76. The molecule has 1 amide bonds. The molecule has 0 spiro atoms. The molecule has 8 nitrogen and oxygen atoms in total. The van der Waals surface area contributed by atoms with Crippen LogP contribution in [0.3, 0.4) is 0 Å². The van der Waals surface area contributed by atoms with E-state index in [1.54, 1.807) is 6.07 Å². The summed E-state index contributed by atoms with van der Waals surface area (Å²) in [6.45, 7) is 2.93. The molecule has 1 aliphatic heterocycles. The van der Waals surface area contributed by atoms with E-state index in [1.807, 2.05) is 24.3 Å². The molecule has 0 saturated carbocycles. The van der Waals surface area contributed by atoms with Gasteiger partial charge >= 0.3 is 0 Å². The number of aromatic nitrogens is 3. The van der Waals surface area contributed by atoms with Gasteiger partial charge in [0.15, 0.2) is 0 Å². The Bertz CT molecular complexity index is 1150. The quantitative estimate of drug-likeness (QED) is 0.629. The van der Waals surface area contributed by atoms with Gasteiger partial charge in [-0.2, -0.15) is 10.2 Å². The van der Waals surface area contributed by atoms with Crippen LogP contribution in [-0.2, 0) is 4.79 Å². The Morgan fingerprint density at radius 2 is 1.91 bits per heavy atom. The lowest BCUT2D eigenvalue weighted by molar-refractivity contribution is -0.114. The number of benzene rings is 2. The molecule has 2 aromatic carbocycles. The van der Waals surface area contributed by atoms with Gasteiger partial charge in [-0.1, -0.05) is 12.1 Å². The van der Waals surface area contributed by atoms with E-state index in [2.05, 4.69) is 36.6 Å². The van der Waals surface area contributed by atoms with Gasteiger partial charge in [0.25, 0.3) is 0 Å². The van der Waals surface area contributed by atoms with Crippen LogP contribution in [0.15, 0.2) is 48.8 Å². The van der Waals surface area contributed by atoms with Crippen LogP contribution < -0.4 is 15.5 Å². The lowest BCUT2D eigenvalue weighted by Crippen LogP contribution is -2.34. The number of nitrogens with one attached hydrogen (secondary N) is 2. The zero-order chi connectivity index (χ0) is 22.5. The van der Waals surface area contributed by atoms with Crippen molar-refractivity contribution in [3.05, 3.63) is 65.7 Å². The predicted octanol–water partition coefficient (Wildman–Crippen LogP) is 3.97. The highest BCUT2D eigenvalue weighted by atomic mass is 19.1. The lowest BCUT2D eigenvalue weighted by Gasteiger charge is -2.32. The summed E-state index contributed by atoms with van der Waals surface area (Å²) in [7, 11) is 0. The average Bonchev–Trinajstić information content (AvgIpc) is 2.81. The minimum absolute atomic E-state index is 0.0849. The van der Waals surface area contributed by atoms with Crippen molar-refractivity contribution in [2.24, 2.45) is 0 Å². The highest BCUT2D eigenvalue weighted by Gasteiger charge is 2.22. The Balaban J connectivity index is 1.41. The van der Waals surface area contributed by atoms with Gasteiger partial charge in [0.05, 0.1) is 17.3 Å². The molecule has 0 radical (unpaired) electrons. The first-order valence-corrected chi connectivity index (χ1v) is 10.3. The standard InChI is InChI=1S/C23H22FN7O/c1-15(32)28-21-12-19(6-7-20(21)24)29-22-26-14-27-23(30-22)31-10-8-18(9-11-31)17-4-2-16(13-25)3-5-17/h2-7,12,14,18H,8-11H2,1H3,(H,28,32)(H,26,27,29,30). The topological polar surface area (TPSA) is 107 Å². The maximum Gasteiger partial charge on any atom is 0.231 e. The van der Waals surface area contributed by atoms with E-state index < -0.39 is 5.82 Å². The second kappa shape index (κ2) is 9.39. The summed E-state index contributed by atoms with van der Waals surface area (Å²) >= 11 is 0. The summed E-state index contributed by atoms with van der Waals surface area (Å²) in [5, 5.41) is 14.5. The normalized spacial score (nSPS) is 14.0. The third-order valence-electron chi connectivity index (χ3n) is 5.38. The van der Waals surface area contributed by atoms with Crippen LogP contribution in [0, 0.1) is 17.1 Å². The molecule has 3 aromatic rings. The molecule has 0 aliphatic carbocycles. The third kappa shape index (κ3) is 4.98. The van der Waals surface area contributed by atoms with Gasteiger partial charge in [0.2, 0.25) is 17.8 Å². The minimum atomic E-state index is -0.521. The number of anilines is 4. The van der Waals surface area contributed by atoms with Crippen LogP contribution >= 0.6 is 0 Å². The number of halogens is 1. The number of piperidine rings is 1. The zero-order valence-corrected chi connectivity index (χ0v) is 17.5. The molecule has 0 bridgehead atoms. The number of amides is 1. The molecule has 1 saturated heterocycles. The largest absolute Gasteiger partial charge is 0.341 e. The van der Waals surface area contributed by atoms with Crippen molar-refractivity contribution in [1.29, 1.82) is 5.26 Å². The second-order valence-corrected chi connectivity index (χ2v) is 7.61. The minimum Gasteiger partial charge on any atom is -0.341 e. The van der Waals surface area contributed by atoms with E-state index in [9.17, 15) is 9.18 Å². The molecule has 2 heterocycles. The fourth-order valence-corrected chi connectivity index (χ4v) is 3.76. The molecule has 1 fully saturated rings. The van der Waals surface area contributed by atoms with Crippen molar-refractivity contribution in [1.82, 2.24) is 15.0 Å². The van der Waals surface area contributed by atoms with Gasteiger partial charge in [-0.25, -0.2) is 14.4 Å². The SMILES string of the molecule is CC(=O)Nc1cc(Nc2ncnc(N3CCC(c4ccc(C#N)cc4)CC3)n2)ccc1F. The highest BCUT2D eigenvalue weighted by Crippen LogP contribution is 2.30. The Kier molecular flexibility index (Phi) is 6.22. The Hall–Kier alpha value is -4.06. The second-order valence-electron chi connectivity index (χ2n) is 7.61. The predicted molar refractivity (Wildman–Crippen MR) is 119 cm³/mol. The molecule has 2 N–H and O–H groups in total. The molecule has 162 valence electrons. The number of nitrogens with zero attached hydrogens (tertiary/aromatic N) is 5. The van der Waals surface area contributed by atoms with Crippen LogP contribution in [0.5, 0.6) is 0 Å². The van der Waals surface area contributed by atoms with Crippen LogP contribution in [0.1, 0.15) is 36.8 Å². The van der Waals surface area contributed by atoms with Gasteiger partial charge in [-0.05, 0) is 54.7 Å². The van der Waals surface area contributed by atoms with Crippen LogP contribution in [0.25, 0.3) is 0 Å². The van der Waals surface area contributed by atoms with E-state index in [0.717, 1.165) is 25.9 Å². The van der Waals surface area contributed by atoms with E-state index in [4.69, 9.17) is 5.26 Å². The molecule has 32 heavy (non-hydrogen) atoms. The lowest BCUT2D eigenvalue weighted by atomic mass is 9.89. The van der Waals surface area contributed by atoms with Crippen LogP contribution in [0.4, 0.5) is 27.7 Å². The van der Waals surface area contributed by atoms with Gasteiger partial charge in [0, 0.05) is 25.7 Å². The molecular formula is C23H22FN7O. The summed E-state index contributed by atoms with van der Waals surface area (Å²) in [4.78, 5) is 26.3. The van der Waals surface area contributed by atoms with Crippen LogP contribution in [0.2, 0.25) is 0 Å². The smallest absolute Gasteiger partial charge is 0.231 e. The maximum atomic E-state index is 13.9. The summed E-state index contributed by atoms with van der Waals surface area (Å²) in [6.07, 6.45) is 3.35. The van der Waals surface area contributed by atoms with E-state index in [-0.39, 0.29) is 11.6 Å². The fraction of sp³-hybridized carbons (Fsp3) is 0.261. The number of nitriles is 1. The Labute approximate surface area is 185 Å². The molecule has 0 atom stereocenters. The zero-order valence-electron chi connectivity index (χ0n) is 17.5. The van der Waals surface area contributed by atoms with Gasteiger partial charge in [0.1, 0.15) is 12.1 Å². The average molecular weight is 431 g/mol. The number of rotatable bonds is 5. The van der Waals surface area contributed by atoms with Gasteiger partial charge in [-0.15, -0.1) is 0 Å². The molecule has 4 rings (SSSR count). The Morgan fingerprint density at radius 3 is 2.59 bits per heavy atom. The van der Waals surface area contributed by atoms with Crippen molar-refractivity contribution in [2.45, 2.75) is 25.7 Å². The van der Waals surface area contributed by atoms with Crippen LogP contribution in [-0.4, -0.2) is 33.9 Å². The summed E-state index contributed by atoms with van der Waals surface area (Å²) in [5.74, 6) is 0.472. The first-order valence-electron chi connectivity index (χ1n) is 10.3. The summed E-state index contributed by atoms with van der Waals surface area (Å²) in [6, 6.07) is 14.2. The molecular weight excluding hydrogens is 409 g/mol. The molecule has 0 unspecified atom stereocenters. The van der Waals surface area contributed by atoms with E-state index in [1.165, 1.54) is 30.9 Å². The number of hydrogen-bond acceptors (Lipinski definition) is 7. The Morgan fingerprint density at radius 1 is 1.16 bits per heavy atom. The van der Waals surface area contributed by atoms with Gasteiger partial charge < -0.3 is 15.5 Å². The number of carbonyl (C=O) groups excluding carboxylic acids is 1. The highest BCUT2D eigenvalue weighted by molar-refractivity contribution is 5.89. The first kappa shape index (κ1) is 21.2. The van der Waals surface area contributed by atoms with E-state index in [0.29, 0.717) is 29.1 Å². The van der Waals surface area contributed by atoms with Crippen molar-refractivity contribution < 1.29 is 9.18 Å². The summed E-state index contributed by atoms with van der Waals surface area (Å²) in [5.41, 5.74) is 2.54. The molecule has 1 aromatic heterocycles. The monoisotopic (exact) mass is 431 g/mol. The number of hydrogen-bond donors (Lipinski definition) is 2. The first-order chi connectivity index (χ1) is 15.5. The van der Waals surface area contributed by atoms with Crippen molar-refractivity contribution in [3.63, 3.8) is 0 Å². The van der Waals surface area contributed by atoms with Crippen molar-refractivity contribution >= 4 is 29.2 Å². The van der Waals surface area contributed by atoms with Gasteiger partial charge in [-0.3, -0.25) is 4.79 Å². The molecule has 1 aliphatic rings. The number of carbonyl (C=O) groups is 1. The molecule has 9 heteroatoms. The van der Waals surface area contributed by atoms with Crippen molar-refractivity contribution in [3.8, 4) is 6.07 Å². The summed E-state index contributed by atoms with van der Waals surface area (Å²) < 4.78 is 13.9. The maximum absolute atomic E-state index is 13.9. The van der Waals surface area contributed by atoms with E-state index >= 15 is 0 Å². The third-order valence-corrected chi connectivity index (χ3v) is 5.38.